The smallest absolute Gasteiger partial charge is 0.183 e. The van der Waals surface area contributed by atoms with Crippen molar-refractivity contribution < 1.29 is 9.47 Å². The molecule has 0 bridgehead atoms. The largest absolute Gasteiger partial charge is 0.348 e. The maximum absolute atomic E-state index is 6.00. The van der Waals surface area contributed by atoms with Gasteiger partial charge in [0.05, 0.1) is 13.2 Å². The second kappa shape index (κ2) is 13.3. The predicted molar refractivity (Wildman–Crippen MR) is 127 cm³/mol. The van der Waals surface area contributed by atoms with E-state index in [9.17, 15) is 0 Å². The van der Waals surface area contributed by atoms with Crippen molar-refractivity contribution in [3.8, 4) is 0 Å². The molecule has 0 spiro atoms. The van der Waals surface area contributed by atoms with Gasteiger partial charge in [-0.1, -0.05) is 82.4 Å². The summed E-state index contributed by atoms with van der Waals surface area (Å²) in [5.74, 6) is 2.40. The lowest BCUT2D eigenvalue weighted by Gasteiger charge is -2.29. The third-order valence-corrected chi connectivity index (χ3v) is 7.03. The molecule has 3 rings (SSSR count). The average Bonchev–Trinajstić information content (AvgIpc) is 2.79. The highest BCUT2D eigenvalue weighted by molar-refractivity contribution is 5.24. The lowest BCUT2D eigenvalue weighted by molar-refractivity contribution is -0.206. The highest BCUT2D eigenvalue weighted by Gasteiger charge is 2.23. The summed E-state index contributed by atoms with van der Waals surface area (Å²) in [4.78, 5) is 0. The van der Waals surface area contributed by atoms with Crippen LogP contribution in [0.3, 0.4) is 0 Å². The maximum Gasteiger partial charge on any atom is 0.183 e. The van der Waals surface area contributed by atoms with E-state index in [-0.39, 0.29) is 6.29 Å². The molecule has 1 saturated heterocycles. The van der Waals surface area contributed by atoms with Crippen LogP contribution in [0.25, 0.3) is 0 Å². The SMILES string of the molecule is CCCCC[C@H]1CO[C@H](c2ccc(CCC=C[C@H]3CC[C@H](CCC)CC3)cc2)OC1. The summed E-state index contributed by atoms with van der Waals surface area (Å²) in [5.41, 5.74) is 2.56. The Labute approximate surface area is 185 Å². The Morgan fingerprint density at radius 3 is 2.23 bits per heavy atom. The molecular weight excluding hydrogens is 368 g/mol. The molecule has 1 heterocycles. The molecule has 168 valence electrons. The van der Waals surface area contributed by atoms with Crippen molar-refractivity contribution in [2.75, 3.05) is 13.2 Å². The normalized spacial score (nSPS) is 27.5. The fourth-order valence-corrected chi connectivity index (χ4v) is 5.04. The van der Waals surface area contributed by atoms with Crippen LogP contribution >= 0.6 is 0 Å². The summed E-state index contributed by atoms with van der Waals surface area (Å²) >= 11 is 0. The molecule has 0 aromatic heterocycles. The van der Waals surface area contributed by atoms with E-state index in [0.29, 0.717) is 5.92 Å². The van der Waals surface area contributed by atoms with Crippen molar-refractivity contribution in [1.29, 1.82) is 0 Å². The monoisotopic (exact) mass is 412 g/mol. The van der Waals surface area contributed by atoms with Gasteiger partial charge in [-0.3, -0.25) is 0 Å². The Morgan fingerprint density at radius 1 is 0.833 bits per heavy atom. The number of rotatable bonds is 11. The summed E-state index contributed by atoms with van der Waals surface area (Å²) in [6, 6.07) is 8.88. The highest BCUT2D eigenvalue weighted by Crippen LogP contribution is 2.32. The summed E-state index contributed by atoms with van der Waals surface area (Å²) in [7, 11) is 0. The third-order valence-electron chi connectivity index (χ3n) is 7.03. The summed E-state index contributed by atoms with van der Waals surface area (Å²) in [6.07, 6.45) is 20.6. The molecule has 1 aliphatic carbocycles. The number of unbranched alkanes of at least 4 members (excludes halogenated alkanes) is 2. The van der Waals surface area contributed by atoms with Crippen LogP contribution < -0.4 is 0 Å². The number of hydrogen-bond acceptors (Lipinski definition) is 2. The van der Waals surface area contributed by atoms with Gasteiger partial charge in [-0.15, -0.1) is 0 Å². The van der Waals surface area contributed by atoms with Crippen LogP contribution in [0.4, 0.5) is 0 Å². The van der Waals surface area contributed by atoms with E-state index in [1.165, 1.54) is 69.8 Å². The van der Waals surface area contributed by atoms with E-state index in [4.69, 9.17) is 9.47 Å². The van der Waals surface area contributed by atoms with E-state index in [2.05, 4.69) is 50.3 Å². The Bertz CT molecular complexity index is 590. The first-order valence-corrected chi connectivity index (χ1v) is 12.8. The molecule has 0 radical (unpaired) electrons. The maximum atomic E-state index is 6.00. The highest BCUT2D eigenvalue weighted by atomic mass is 16.7. The minimum Gasteiger partial charge on any atom is -0.348 e. The van der Waals surface area contributed by atoms with E-state index in [0.717, 1.165) is 43.5 Å². The minimum atomic E-state index is -0.177. The minimum absolute atomic E-state index is 0.177. The van der Waals surface area contributed by atoms with Gasteiger partial charge in [0.1, 0.15) is 0 Å². The molecular formula is C28H44O2. The molecule has 1 saturated carbocycles. The van der Waals surface area contributed by atoms with Crippen molar-refractivity contribution in [1.82, 2.24) is 0 Å². The average molecular weight is 413 g/mol. The third kappa shape index (κ3) is 7.85. The fourth-order valence-electron chi connectivity index (χ4n) is 5.04. The van der Waals surface area contributed by atoms with Gasteiger partial charge in [0.15, 0.2) is 6.29 Å². The van der Waals surface area contributed by atoms with Gasteiger partial charge >= 0.3 is 0 Å². The van der Waals surface area contributed by atoms with Crippen LogP contribution in [0.2, 0.25) is 0 Å². The lowest BCUT2D eigenvalue weighted by Crippen LogP contribution is -2.27. The zero-order valence-corrected chi connectivity index (χ0v) is 19.5. The van der Waals surface area contributed by atoms with Crippen LogP contribution in [-0.4, -0.2) is 13.2 Å². The standard InChI is InChI=1S/C28H44O2/c1-3-5-6-12-26-21-29-28(30-22-26)27-19-17-25(18-20-27)11-8-7-10-24-15-13-23(9-4-2)14-16-24/h7,10,17-20,23-24,26,28H,3-6,8-9,11-16,21-22H2,1-2H3/t23-,24-,26-,28-. The Balaban J connectivity index is 1.33. The van der Waals surface area contributed by atoms with Crippen LogP contribution in [0.5, 0.6) is 0 Å². The molecule has 1 aromatic carbocycles. The number of aryl methyl sites for hydroxylation is 1. The van der Waals surface area contributed by atoms with E-state index in [1.54, 1.807) is 0 Å². The summed E-state index contributed by atoms with van der Waals surface area (Å²) in [5, 5.41) is 0. The first-order valence-electron chi connectivity index (χ1n) is 12.8. The van der Waals surface area contributed by atoms with Crippen LogP contribution in [0.1, 0.15) is 102 Å². The molecule has 2 heteroatoms. The Kier molecular flexibility index (Phi) is 10.5. The van der Waals surface area contributed by atoms with Gasteiger partial charge in [0.2, 0.25) is 0 Å². The molecule has 0 N–H and O–H groups in total. The molecule has 0 amide bonds. The molecule has 2 fully saturated rings. The molecule has 2 nitrogen and oxygen atoms in total. The number of hydrogen-bond donors (Lipinski definition) is 0. The van der Waals surface area contributed by atoms with Gasteiger partial charge < -0.3 is 9.47 Å². The first kappa shape index (κ1) is 23.5. The van der Waals surface area contributed by atoms with Crippen molar-refractivity contribution >= 4 is 0 Å². The number of ether oxygens (including phenoxy) is 2. The predicted octanol–water partition coefficient (Wildman–Crippen LogP) is 8.02. The van der Waals surface area contributed by atoms with Gasteiger partial charge in [-0.05, 0) is 62.3 Å². The summed E-state index contributed by atoms with van der Waals surface area (Å²) < 4.78 is 12.0. The van der Waals surface area contributed by atoms with E-state index >= 15 is 0 Å². The molecule has 2 aliphatic rings. The van der Waals surface area contributed by atoms with Crippen molar-refractivity contribution in [2.24, 2.45) is 17.8 Å². The first-order chi connectivity index (χ1) is 14.8. The second-order valence-corrected chi connectivity index (χ2v) is 9.64. The van der Waals surface area contributed by atoms with Gasteiger partial charge in [0, 0.05) is 11.5 Å². The molecule has 0 atom stereocenters. The zero-order valence-electron chi connectivity index (χ0n) is 19.5. The molecule has 0 unspecified atom stereocenters. The van der Waals surface area contributed by atoms with Crippen molar-refractivity contribution in [3.63, 3.8) is 0 Å². The number of allylic oxidation sites excluding steroid dienone is 2. The van der Waals surface area contributed by atoms with Crippen LogP contribution in [0, 0.1) is 17.8 Å². The van der Waals surface area contributed by atoms with Crippen LogP contribution in [0.15, 0.2) is 36.4 Å². The van der Waals surface area contributed by atoms with E-state index in [1.807, 2.05) is 0 Å². The molecule has 1 aromatic rings. The van der Waals surface area contributed by atoms with Gasteiger partial charge in [-0.2, -0.15) is 0 Å². The number of benzene rings is 1. The molecule has 1 aliphatic heterocycles. The fraction of sp³-hybridized carbons (Fsp3) is 0.714. The van der Waals surface area contributed by atoms with E-state index < -0.39 is 0 Å². The Hall–Kier alpha value is -1.12. The summed E-state index contributed by atoms with van der Waals surface area (Å²) in [6.45, 7) is 6.24. The molecule has 30 heavy (non-hydrogen) atoms. The topological polar surface area (TPSA) is 18.5 Å². The Morgan fingerprint density at radius 2 is 1.57 bits per heavy atom. The quantitative estimate of drug-likeness (QED) is 0.270. The van der Waals surface area contributed by atoms with Gasteiger partial charge in [-0.25, -0.2) is 0 Å². The van der Waals surface area contributed by atoms with Gasteiger partial charge in [0.25, 0.3) is 0 Å². The zero-order chi connectivity index (χ0) is 21.0. The van der Waals surface area contributed by atoms with Crippen molar-refractivity contribution in [2.45, 2.75) is 97.2 Å². The van der Waals surface area contributed by atoms with Crippen LogP contribution in [-0.2, 0) is 15.9 Å². The second-order valence-electron chi connectivity index (χ2n) is 9.64. The van der Waals surface area contributed by atoms with Crippen molar-refractivity contribution in [3.05, 3.63) is 47.5 Å². The lowest BCUT2D eigenvalue weighted by atomic mass is 9.80.